The van der Waals surface area contributed by atoms with Crippen molar-refractivity contribution < 1.29 is 14.3 Å². The van der Waals surface area contributed by atoms with E-state index in [1.54, 1.807) is 0 Å². The van der Waals surface area contributed by atoms with Gasteiger partial charge in [0.2, 0.25) is 0 Å². The fourth-order valence-electron chi connectivity index (χ4n) is 2.79. The Hall–Kier alpha value is -2.35. The number of rotatable bonds is 5. The van der Waals surface area contributed by atoms with Gasteiger partial charge in [-0.3, -0.25) is 9.59 Å². The van der Waals surface area contributed by atoms with Crippen molar-refractivity contribution in [1.82, 2.24) is 5.32 Å². The number of nitriles is 1. The molecule has 1 aliphatic rings. The largest absolute Gasteiger partial charge is 0.455 e. The van der Waals surface area contributed by atoms with Gasteiger partial charge in [-0.15, -0.1) is 0 Å². The van der Waals surface area contributed by atoms with E-state index in [1.165, 1.54) is 0 Å². The molecule has 0 heterocycles. The number of hydrogen-bond acceptors (Lipinski definition) is 4. The van der Waals surface area contributed by atoms with E-state index >= 15 is 0 Å². The van der Waals surface area contributed by atoms with E-state index in [0.717, 1.165) is 30.4 Å². The van der Waals surface area contributed by atoms with E-state index < -0.39 is 17.4 Å². The van der Waals surface area contributed by atoms with Gasteiger partial charge in [-0.2, -0.15) is 5.26 Å². The quantitative estimate of drug-likeness (QED) is 0.847. The van der Waals surface area contributed by atoms with Crippen LogP contribution in [0, 0.1) is 18.3 Å². The Bertz CT molecular complexity index is 596. The molecular weight excluding hydrogens is 292 g/mol. The lowest BCUT2D eigenvalue weighted by atomic mass is 9.83. The molecule has 1 saturated carbocycles. The van der Waals surface area contributed by atoms with E-state index in [0.29, 0.717) is 12.8 Å². The molecule has 0 unspecified atom stereocenters. The topological polar surface area (TPSA) is 79.2 Å². The van der Waals surface area contributed by atoms with Gasteiger partial charge in [0.15, 0.2) is 6.61 Å². The molecule has 0 atom stereocenters. The van der Waals surface area contributed by atoms with Gasteiger partial charge in [-0.1, -0.05) is 49.1 Å². The zero-order chi connectivity index (χ0) is 16.7. The maximum Gasteiger partial charge on any atom is 0.310 e. The zero-order valence-corrected chi connectivity index (χ0v) is 13.4. The molecule has 23 heavy (non-hydrogen) atoms. The van der Waals surface area contributed by atoms with Crippen LogP contribution in [-0.4, -0.2) is 24.0 Å². The normalized spacial score (nSPS) is 16.2. The summed E-state index contributed by atoms with van der Waals surface area (Å²) < 4.78 is 5.01. The van der Waals surface area contributed by atoms with Crippen LogP contribution in [-0.2, 0) is 20.7 Å². The van der Waals surface area contributed by atoms with E-state index in [4.69, 9.17) is 4.74 Å². The first-order valence-corrected chi connectivity index (χ1v) is 7.96. The maximum atomic E-state index is 11.9. The Morgan fingerprint density at radius 2 is 1.87 bits per heavy atom. The van der Waals surface area contributed by atoms with Crippen LogP contribution in [0.4, 0.5) is 0 Å². The number of esters is 1. The van der Waals surface area contributed by atoms with Crippen LogP contribution in [0.2, 0.25) is 0 Å². The number of benzene rings is 1. The summed E-state index contributed by atoms with van der Waals surface area (Å²) in [5, 5.41) is 12.0. The molecule has 5 heteroatoms. The lowest BCUT2D eigenvalue weighted by molar-refractivity contribution is -0.148. The second-order valence-corrected chi connectivity index (χ2v) is 6.13. The van der Waals surface area contributed by atoms with E-state index in [1.807, 2.05) is 31.2 Å². The van der Waals surface area contributed by atoms with Crippen LogP contribution >= 0.6 is 0 Å². The third-order valence-corrected chi connectivity index (χ3v) is 4.13. The molecule has 0 spiro atoms. The second-order valence-electron chi connectivity index (χ2n) is 6.13. The number of aryl methyl sites for hydroxylation is 1. The highest BCUT2D eigenvalue weighted by atomic mass is 16.5. The Balaban J connectivity index is 1.78. The predicted molar refractivity (Wildman–Crippen MR) is 85.4 cm³/mol. The summed E-state index contributed by atoms with van der Waals surface area (Å²) in [5.41, 5.74) is 1.18. The first-order chi connectivity index (χ1) is 11.0. The van der Waals surface area contributed by atoms with Gasteiger partial charge in [0.05, 0.1) is 12.5 Å². The Kier molecular flexibility index (Phi) is 5.75. The molecule has 0 aliphatic heterocycles. The molecule has 0 aromatic heterocycles. The van der Waals surface area contributed by atoms with Gasteiger partial charge in [-0.25, -0.2) is 0 Å². The molecule has 0 radical (unpaired) electrons. The number of nitrogens with one attached hydrogen (secondary N) is 1. The Morgan fingerprint density at radius 1 is 1.22 bits per heavy atom. The van der Waals surface area contributed by atoms with Crippen molar-refractivity contribution in [3.05, 3.63) is 35.4 Å². The van der Waals surface area contributed by atoms with Crippen LogP contribution < -0.4 is 5.32 Å². The van der Waals surface area contributed by atoms with Crippen LogP contribution in [0.1, 0.15) is 43.2 Å². The SMILES string of the molecule is Cc1ccc(CC(=O)OCC(=O)NC2(C#N)CCCCC2)cc1. The smallest absolute Gasteiger partial charge is 0.310 e. The van der Waals surface area contributed by atoms with E-state index in [9.17, 15) is 14.9 Å². The highest BCUT2D eigenvalue weighted by Gasteiger charge is 2.33. The number of nitrogens with zero attached hydrogens (tertiary/aromatic N) is 1. The van der Waals surface area contributed by atoms with Crippen LogP contribution in [0.3, 0.4) is 0 Å². The predicted octanol–water partition coefficient (Wildman–Crippen LogP) is 2.42. The molecule has 1 amide bonds. The molecular formula is C18H22N2O3. The van der Waals surface area contributed by atoms with Crippen molar-refractivity contribution in [2.75, 3.05) is 6.61 Å². The summed E-state index contributed by atoms with van der Waals surface area (Å²) >= 11 is 0. The summed E-state index contributed by atoms with van der Waals surface area (Å²) in [6.07, 6.45) is 4.41. The maximum absolute atomic E-state index is 11.9. The molecule has 0 saturated heterocycles. The van der Waals surface area contributed by atoms with Gasteiger partial charge < -0.3 is 10.1 Å². The monoisotopic (exact) mass is 314 g/mol. The molecule has 122 valence electrons. The number of carbonyl (C=O) groups excluding carboxylic acids is 2. The highest BCUT2D eigenvalue weighted by Crippen LogP contribution is 2.27. The van der Waals surface area contributed by atoms with Crippen molar-refractivity contribution in [2.24, 2.45) is 0 Å². The van der Waals surface area contributed by atoms with Crippen molar-refractivity contribution >= 4 is 11.9 Å². The van der Waals surface area contributed by atoms with E-state index in [2.05, 4.69) is 11.4 Å². The minimum absolute atomic E-state index is 0.136. The van der Waals surface area contributed by atoms with Gasteiger partial charge in [0.1, 0.15) is 5.54 Å². The third-order valence-electron chi connectivity index (χ3n) is 4.13. The lowest BCUT2D eigenvalue weighted by Crippen LogP contribution is -2.50. The number of amides is 1. The lowest BCUT2D eigenvalue weighted by Gasteiger charge is -2.31. The molecule has 1 fully saturated rings. The summed E-state index contributed by atoms with van der Waals surface area (Å²) in [4.78, 5) is 23.7. The number of carbonyl (C=O) groups is 2. The van der Waals surface area contributed by atoms with Crippen molar-refractivity contribution in [3.63, 3.8) is 0 Å². The van der Waals surface area contributed by atoms with Gasteiger partial charge in [-0.05, 0) is 25.3 Å². The Morgan fingerprint density at radius 3 is 2.48 bits per heavy atom. The molecule has 2 rings (SSSR count). The van der Waals surface area contributed by atoms with Gasteiger partial charge in [0, 0.05) is 0 Å². The standard InChI is InChI=1S/C18H22N2O3/c1-14-5-7-15(8-6-14)11-17(22)23-12-16(21)20-18(13-19)9-3-2-4-10-18/h5-8H,2-4,9-12H2,1H3,(H,20,21). The first-order valence-electron chi connectivity index (χ1n) is 7.96. The second kappa shape index (κ2) is 7.77. The minimum Gasteiger partial charge on any atom is -0.455 e. The molecule has 1 aromatic rings. The summed E-state index contributed by atoms with van der Waals surface area (Å²) in [6, 6.07) is 9.79. The fraction of sp³-hybridized carbons (Fsp3) is 0.500. The summed E-state index contributed by atoms with van der Waals surface area (Å²) in [6.45, 7) is 1.64. The average Bonchev–Trinajstić information content (AvgIpc) is 2.56. The number of ether oxygens (including phenoxy) is 1. The van der Waals surface area contributed by atoms with Crippen molar-refractivity contribution in [1.29, 1.82) is 5.26 Å². The van der Waals surface area contributed by atoms with Crippen LogP contribution in [0.15, 0.2) is 24.3 Å². The molecule has 1 aromatic carbocycles. The van der Waals surface area contributed by atoms with E-state index in [-0.39, 0.29) is 13.0 Å². The van der Waals surface area contributed by atoms with Gasteiger partial charge >= 0.3 is 5.97 Å². The fourth-order valence-corrected chi connectivity index (χ4v) is 2.79. The Labute approximate surface area is 136 Å². The first kappa shape index (κ1) is 17.0. The molecule has 1 N–H and O–H groups in total. The molecule has 0 bridgehead atoms. The summed E-state index contributed by atoms with van der Waals surface area (Å²) in [7, 11) is 0. The zero-order valence-electron chi connectivity index (χ0n) is 13.4. The van der Waals surface area contributed by atoms with Crippen LogP contribution in [0.25, 0.3) is 0 Å². The average molecular weight is 314 g/mol. The van der Waals surface area contributed by atoms with Crippen molar-refractivity contribution in [3.8, 4) is 6.07 Å². The molecule has 1 aliphatic carbocycles. The summed E-state index contributed by atoms with van der Waals surface area (Å²) in [5.74, 6) is -0.857. The minimum atomic E-state index is -0.793. The molecule has 5 nitrogen and oxygen atoms in total. The third kappa shape index (κ3) is 5.10. The van der Waals surface area contributed by atoms with Crippen LogP contribution in [0.5, 0.6) is 0 Å². The number of hydrogen-bond donors (Lipinski definition) is 1. The van der Waals surface area contributed by atoms with Gasteiger partial charge in [0.25, 0.3) is 5.91 Å². The highest BCUT2D eigenvalue weighted by molar-refractivity contribution is 5.82. The van der Waals surface area contributed by atoms with Crippen molar-refractivity contribution in [2.45, 2.75) is 51.0 Å².